The van der Waals surface area contributed by atoms with Gasteiger partial charge in [0.05, 0.1) is 17.8 Å². The molecule has 0 bridgehead atoms. The third-order valence-electron chi connectivity index (χ3n) is 11.8. The lowest BCUT2D eigenvalue weighted by atomic mass is 9.82. The standard InChI is InChI=1S/C54H96N6O6P2/c1-9-11-12-15-27-38-67-50(63)42-59(40-48(61)54(6,7)33-22-14-13-18-29-44(3)4)36-25-20-31-46-52(65)58-47(53(66)57-46)32-21-26-37-60(43-51(64)68-39-28-17-23-34-55-8)41-49(62)56-35-24-16-19-30-45(5)10-2/h11-12,14,18-19,22-24,27-30,34-35,38-39,44-51,55-56,61-64,67-68H,9-10,13,15-17,20-21,25-26,31-33,36-37,40-43H2,1-8H3,(H,57,66)(H,58,65)/b12-11-,22-14-,29-18-,30-19-,34-23-,35-24-,38-27-,39-28-. The molecule has 14 heteroatoms. The van der Waals surface area contributed by atoms with Crippen LogP contribution in [0.5, 0.6) is 0 Å². The Hall–Kier alpha value is -2.92. The van der Waals surface area contributed by atoms with Crippen LogP contribution in [0.3, 0.4) is 0 Å². The van der Waals surface area contributed by atoms with E-state index in [0.717, 1.165) is 57.8 Å². The fraction of sp³-hybridized carbons (Fsp3) is 0.667. The minimum absolute atomic E-state index is 0.175. The molecule has 0 radical (unpaired) electrons. The Morgan fingerprint density at radius 3 is 1.72 bits per heavy atom. The number of nitrogens with one attached hydrogen (secondary N) is 4. The molecule has 8 N–H and O–H groups in total. The van der Waals surface area contributed by atoms with E-state index in [1.54, 1.807) is 6.20 Å². The number of allylic oxidation sites excluding steroid dienone is 12. The fourth-order valence-electron chi connectivity index (χ4n) is 7.27. The number of carbonyl (C=O) groups is 2. The lowest BCUT2D eigenvalue weighted by Gasteiger charge is -2.35. The summed E-state index contributed by atoms with van der Waals surface area (Å²) in [4.78, 5) is 30.7. The van der Waals surface area contributed by atoms with Crippen LogP contribution in [0.1, 0.15) is 132 Å². The molecule has 1 aliphatic heterocycles. The van der Waals surface area contributed by atoms with E-state index in [1.807, 2.05) is 43.1 Å². The molecule has 68 heavy (non-hydrogen) atoms. The first-order valence-corrected chi connectivity index (χ1v) is 27.9. The first kappa shape index (κ1) is 63.1. The third-order valence-corrected chi connectivity index (χ3v) is 13.8. The Morgan fingerprint density at radius 1 is 0.647 bits per heavy atom. The van der Waals surface area contributed by atoms with Crippen LogP contribution in [-0.4, -0.2) is 124 Å². The number of aliphatic hydroxyl groups is 4. The van der Waals surface area contributed by atoms with E-state index in [9.17, 15) is 30.0 Å². The van der Waals surface area contributed by atoms with Gasteiger partial charge >= 0.3 is 0 Å². The summed E-state index contributed by atoms with van der Waals surface area (Å²) < 4.78 is 0. The maximum absolute atomic E-state index is 13.3. The minimum atomic E-state index is -0.818. The van der Waals surface area contributed by atoms with E-state index >= 15 is 0 Å². The molecule has 0 aromatic rings. The Labute approximate surface area is 417 Å². The largest absolute Gasteiger partial charge is 0.394 e. The van der Waals surface area contributed by atoms with E-state index in [-0.39, 0.29) is 34.4 Å². The zero-order chi connectivity index (χ0) is 50.4. The molecule has 1 rings (SSSR count). The number of piperazine rings is 1. The SMILES string of the molecule is CC/C=C\C/C=C\PC(O)CN(CCCCC1NC(=O)C(CCCCN(CC(O)N/C=C\C/C=C\C(C)CC)CC(O)P/C=C\C/C=C\NC)NC1=O)CC(O)C(C)(C)C/C=C\C/C=C\C(C)C. The monoisotopic (exact) mass is 987 g/mol. The maximum Gasteiger partial charge on any atom is 0.243 e. The summed E-state index contributed by atoms with van der Waals surface area (Å²) in [5, 5.41) is 56.1. The van der Waals surface area contributed by atoms with Gasteiger partial charge in [0.2, 0.25) is 11.8 Å². The molecule has 1 heterocycles. The Bertz CT molecular complexity index is 1570. The highest BCUT2D eigenvalue weighted by Crippen LogP contribution is 2.28. The summed E-state index contributed by atoms with van der Waals surface area (Å²) in [6.45, 7) is 17.8. The highest BCUT2D eigenvalue weighted by atomic mass is 31.1. The second kappa shape index (κ2) is 39.8. The predicted octanol–water partition coefficient (Wildman–Crippen LogP) is 8.76. The van der Waals surface area contributed by atoms with E-state index in [4.69, 9.17) is 0 Å². The van der Waals surface area contributed by atoms with E-state index in [2.05, 4.69) is 134 Å². The van der Waals surface area contributed by atoms with E-state index < -0.39 is 36.1 Å². The molecule has 0 aliphatic carbocycles. The molecular formula is C54H96N6O6P2. The van der Waals surface area contributed by atoms with Crippen molar-refractivity contribution in [1.82, 2.24) is 31.1 Å². The zero-order valence-electron chi connectivity index (χ0n) is 43.3. The van der Waals surface area contributed by atoms with Crippen molar-refractivity contribution in [2.75, 3.05) is 46.3 Å². The first-order valence-electron chi connectivity index (χ1n) is 25.6. The van der Waals surface area contributed by atoms with Crippen LogP contribution in [0.15, 0.2) is 96.9 Å². The number of hydrogen-bond donors (Lipinski definition) is 8. The first-order chi connectivity index (χ1) is 32.6. The molecule has 9 unspecified atom stereocenters. The summed E-state index contributed by atoms with van der Waals surface area (Å²) >= 11 is 0. The summed E-state index contributed by atoms with van der Waals surface area (Å²) in [7, 11) is 2.33. The van der Waals surface area contributed by atoms with Gasteiger partial charge in [-0.3, -0.25) is 19.4 Å². The quantitative estimate of drug-likeness (QED) is 0.0129. The van der Waals surface area contributed by atoms with Crippen LogP contribution in [0.25, 0.3) is 0 Å². The van der Waals surface area contributed by atoms with Crippen molar-refractivity contribution >= 4 is 29.0 Å². The van der Waals surface area contributed by atoms with E-state index in [1.165, 1.54) is 0 Å². The smallest absolute Gasteiger partial charge is 0.243 e. The van der Waals surface area contributed by atoms with Crippen molar-refractivity contribution in [2.45, 2.75) is 168 Å². The number of carbonyl (C=O) groups excluding carboxylic acids is 2. The topological polar surface area (TPSA) is 170 Å². The Morgan fingerprint density at radius 2 is 1.16 bits per heavy atom. The van der Waals surface area contributed by atoms with E-state index in [0.29, 0.717) is 76.8 Å². The molecule has 1 fully saturated rings. The van der Waals surface area contributed by atoms with Crippen molar-refractivity contribution in [3.63, 3.8) is 0 Å². The van der Waals surface area contributed by atoms with Crippen molar-refractivity contribution < 1.29 is 30.0 Å². The Kier molecular flexibility index (Phi) is 36.9. The molecule has 9 atom stereocenters. The number of unbranched alkanes of at least 4 members (excludes halogenated alkanes) is 2. The second-order valence-electron chi connectivity index (χ2n) is 19.1. The molecule has 2 amide bonds. The molecule has 1 saturated heterocycles. The molecule has 0 aromatic heterocycles. The molecule has 0 saturated carbocycles. The molecule has 12 nitrogen and oxygen atoms in total. The van der Waals surface area contributed by atoms with Gasteiger partial charge in [0.15, 0.2) is 0 Å². The number of nitrogens with zero attached hydrogens (tertiary/aromatic N) is 2. The van der Waals surface area contributed by atoms with Crippen LogP contribution >= 0.6 is 17.2 Å². The third kappa shape index (κ3) is 32.8. The summed E-state index contributed by atoms with van der Waals surface area (Å²) in [5.41, 5.74) is -0.359. The van der Waals surface area contributed by atoms with Gasteiger partial charge in [0.25, 0.3) is 0 Å². The normalized spacial score (nSPS) is 19.2. The van der Waals surface area contributed by atoms with Crippen molar-refractivity contribution in [3.05, 3.63) is 96.9 Å². The fourth-order valence-corrected chi connectivity index (χ4v) is 8.99. The number of rotatable bonds is 40. The molecule has 0 aromatic carbocycles. The van der Waals surface area contributed by atoms with Crippen molar-refractivity contribution in [2.24, 2.45) is 17.3 Å². The highest BCUT2D eigenvalue weighted by Gasteiger charge is 2.33. The van der Waals surface area contributed by atoms with Crippen LogP contribution in [0.4, 0.5) is 0 Å². The second-order valence-corrected chi connectivity index (χ2v) is 21.7. The van der Waals surface area contributed by atoms with Crippen LogP contribution < -0.4 is 21.3 Å². The number of amides is 2. The van der Waals surface area contributed by atoms with Gasteiger partial charge in [0.1, 0.15) is 18.3 Å². The van der Waals surface area contributed by atoms with Gasteiger partial charge in [-0.25, -0.2) is 0 Å². The summed E-state index contributed by atoms with van der Waals surface area (Å²) in [5.74, 6) is 3.63. The summed E-state index contributed by atoms with van der Waals surface area (Å²) in [6, 6.07) is -1.22. The molecule has 0 spiro atoms. The number of aliphatic hydroxyl groups excluding tert-OH is 4. The average Bonchev–Trinajstić information content (AvgIpc) is 3.29. The number of hydrogen-bond acceptors (Lipinski definition) is 10. The maximum atomic E-state index is 13.3. The highest BCUT2D eigenvalue weighted by molar-refractivity contribution is 7.42. The van der Waals surface area contributed by atoms with Crippen molar-refractivity contribution in [3.8, 4) is 0 Å². The van der Waals surface area contributed by atoms with Gasteiger partial charge < -0.3 is 41.7 Å². The summed E-state index contributed by atoms with van der Waals surface area (Å²) in [6.07, 6.45) is 37.5. The molecule has 388 valence electrons. The molecular weight excluding hydrogens is 891 g/mol. The zero-order valence-corrected chi connectivity index (χ0v) is 45.3. The van der Waals surface area contributed by atoms with Crippen molar-refractivity contribution in [1.29, 1.82) is 0 Å². The lowest BCUT2D eigenvalue weighted by Crippen LogP contribution is -2.61. The predicted molar refractivity (Wildman–Crippen MR) is 292 cm³/mol. The van der Waals surface area contributed by atoms with Gasteiger partial charge in [-0.1, -0.05) is 157 Å². The van der Waals surface area contributed by atoms with Crippen LogP contribution in [0, 0.1) is 17.3 Å². The van der Waals surface area contributed by atoms with Crippen LogP contribution in [-0.2, 0) is 9.59 Å². The average molecular weight is 987 g/mol. The van der Waals surface area contributed by atoms with Gasteiger partial charge in [0, 0.05) is 33.2 Å². The minimum Gasteiger partial charge on any atom is -0.394 e. The van der Waals surface area contributed by atoms with Gasteiger partial charge in [-0.05, 0) is 120 Å². The van der Waals surface area contributed by atoms with Crippen LogP contribution in [0.2, 0.25) is 0 Å². The van der Waals surface area contributed by atoms with Gasteiger partial charge in [-0.2, -0.15) is 0 Å². The van der Waals surface area contributed by atoms with Gasteiger partial charge in [-0.15, -0.1) is 0 Å². The lowest BCUT2D eigenvalue weighted by molar-refractivity contribution is -0.137. The Balaban J connectivity index is 2.77. The molecule has 1 aliphatic rings.